The predicted molar refractivity (Wildman–Crippen MR) is 183 cm³/mol. The summed E-state index contributed by atoms with van der Waals surface area (Å²) < 4.78 is 209. The minimum absolute atomic E-state index is 0.0906. The van der Waals surface area contributed by atoms with Crippen molar-refractivity contribution in [2.24, 2.45) is 0 Å². The van der Waals surface area contributed by atoms with Gasteiger partial charge in [0.15, 0.2) is 47.9 Å². The molecule has 3 aromatic carbocycles. The molecule has 0 amide bonds. The molecule has 24 heteroatoms. The molecular weight excluding hydrogens is 897 g/mol. The third-order valence-electron chi connectivity index (χ3n) is 10.2. The van der Waals surface area contributed by atoms with E-state index >= 15 is 0 Å². The monoisotopic (exact) mass is 930 g/mol. The molecule has 3 aliphatic carbocycles. The fraction of sp³-hybridized carbons (Fsp3) is 0.462. The van der Waals surface area contributed by atoms with Crippen LogP contribution in [0.1, 0.15) is 55.2 Å². The van der Waals surface area contributed by atoms with Crippen LogP contribution in [0.2, 0.25) is 0 Å². The molecule has 0 unspecified atom stereocenters. The van der Waals surface area contributed by atoms with Crippen molar-refractivity contribution in [3.8, 4) is 17.2 Å². The molecule has 0 bridgehead atoms. The summed E-state index contributed by atoms with van der Waals surface area (Å²) >= 11 is 0. The molecule has 2 N–H and O–H groups in total. The summed E-state index contributed by atoms with van der Waals surface area (Å²) in [4.78, 5) is 34.7. The Hall–Kier alpha value is -5.58. The molecule has 9 nitrogen and oxygen atoms in total. The minimum atomic E-state index is -4.66. The van der Waals surface area contributed by atoms with E-state index in [2.05, 4.69) is 18.9 Å². The number of carboxylic acid groups (broad SMARTS) is 1. The van der Waals surface area contributed by atoms with Crippen molar-refractivity contribution in [2.75, 3.05) is 27.4 Å². The van der Waals surface area contributed by atoms with Crippen molar-refractivity contribution in [3.63, 3.8) is 0 Å². The number of alkyl halides is 12. The lowest BCUT2D eigenvalue weighted by molar-refractivity contribution is -0.177. The van der Waals surface area contributed by atoms with Crippen LogP contribution in [0, 0.1) is 17.5 Å². The van der Waals surface area contributed by atoms with Crippen LogP contribution < -0.4 is 9.47 Å². The molecule has 348 valence electrons. The number of aliphatic carboxylic acids is 1. The SMILES string of the molecule is COC(=O)C1(c2ccc(O)c(F)c2)CC(F)(F)C1.COC(=O)C1(c2ccc(OCC(F)(F)F)c(F)c2)CC(F)(F)C1.O=C(O)C1(c2ccc(OCC(F)(F)F)c(F)c2)CC(F)(F)C1. The van der Waals surface area contributed by atoms with E-state index in [4.69, 9.17) is 10.2 Å². The number of hydrogen-bond acceptors (Lipinski definition) is 8. The average molecular weight is 931 g/mol. The lowest BCUT2D eigenvalue weighted by atomic mass is 9.62. The minimum Gasteiger partial charge on any atom is -0.505 e. The van der Waals surface area contributed by atoms with Crippen LogP contribution in [0.3, 0.4) is 0 Å². The fourth-order valence-electron chi connectivity index (χ4n) is 7.25. The molecule has 0 spiro atoms. The maximum Gasteiger partial charge on any atom is 0.422 e. The zero-order valence-electron chi connectivity index (χ0n) is 32.3. The molecule has 3 fully saturated rings. The molecule has 0 aromatic heterocycles. The van der Waals surface area contributed by atoms with Gasteiger partial charge < -0.3 is 29.2 Å². The second-order valence-electron chi connectivity index (χ2n) is 14.9. The van der Waals surface area contributed by atoms with Crippen LogP contribution in [0.25, 0.3) is 0 Å². The summed E-state index contributed by atoms with van der Waals surface area (Å²) in [6.45, 7) is -3.41. The van der Waals surface area contributed by atoms with E-state index in [-0.39, 0.29) is 16.7 Å². The van der Waals surface area contributed by atoms with Gasteiger partial charge in [-0.05, 0) is 53.1 Å². The zero-order chi connectivity index (χ0) is 47.8. The number of phenols is 1. The van der Waals surface area contributed by atoms with E-state index in [0.29, 0.717) is 6.07 Å². The first-order valence-corrected chi connectivity index (χ1v) is 17.8. The molecule has 0 atom stereocenters. The van der Waals surface area contributed by atoms with Gasteiger partial charge in [-0.25, -0.2) is 39.5 Å². The maximum absolute atomic E-state index is 13.8. The van der Waals surface area contributed by atoms with E-state index in [1.807, 2.05) is 0 Å². The Balaban J connectivity index is 0.000000209. The highest BCUT2D eigenvalue weighted by atomic mass is 19.4. The number of methoxy groups -OCH3 is 2. The third kappa shape index (κ3) is 11.3. The molecule has 3 aliphatic rings. The second-order valence-corrected chi connectivity index (χ2v) is 14.9. The number of halogens is 15. The molecule has 0 heterocycles. The summed E-state index contributed by atoms with van der Waals surface area (Å²) in [5.41, 5.74) is -5.40. The summed E-state index contributed by atoms with van der Waals surface area (Å²) in [7, 11) is 2.11. The van der Waals surface area contributed by atoms with Crippen molar-refractivity contribution < 1.29 is 109 Å². The Labute approximate surface area is 345 Å². The molecule has 6 rings (SSSR count). The molecule has 3 aromatic rings. The number of phenolic OH excluding ortho intramolecular Hbond substituents is 1. The maximum atomic E-state index is 13.8. The van der Waals surface area contributed by atoms with Crippen molar-refractivity contribution in [1.82, 2.24) is 0 Å². The number of hydrogen-bond donors (Lipinski definition) is 2. The third-order valence-corrected chi connectivity index (χ3v) is 10.2. The Morgan fingerprint density at radius 3 is 1.11 bits per heavy atom. The number of carbonyl (C=O) groups excluding carboxylic acids is 2. The van der Waals surface area contributed by atoms with Gasteiger partial charge in [-0.15, -0.1) is 0 Å². The van der Waals surface area contributed by atoms with E-state index in [1.165, 1.54) is 6.07 Å². The standard InChI is InChI=1S/C14H12F6O3.C13H10F6O3.C12H11F3O3/c1-22-11(21)12(5-13(16,17)6-12)8-2-3-10(9(15)4-8)23-7-14(18,19)20;14-8-3-7(1-2-9(8)22-6-13(17,18)19)11(10(20)21)4-12(15,16)5-11;1-18-10(17)11(5-12(14,15)6-11)7-2-3-9(16)8(13)4-7/h2-4H,5-7H2,1H3;1-3H,4-6H2,(H,20,21);2-4,16H,5-6H2,1H3. The lowest BCUT2D eigenvalue weighted by Crippen LogP contribution is -2.55. The Bertz CT molecular complexity index is 2160. The topological polar surface area (TPSA) is 129 Å². The fourth-order valence-corrected chi connectivity index (χ4v) is 7.25. The highest BCUT2D eigenvalue weighted by Gasteiger charge is 2.64. The van der Waals surface area contributed by atoms with Gasteiger partial charge in [0.1, 0.15) is 16.2 Å². The number of esters is 2. The molecular formula is C39H33F15O9. The summed E-state index contributed by atoms with van der Waals surface area (Å²) in [6, 6.07) is 8.26. The van der Waals surface area contributed by atoms with Crippen molar-refractivity contribution >= 4 is 17.9 Å². The number of rotatable bonds is 10. The van der Waals surface area contributed by atoms with Gasteiger partial charge in [0.25, 0.3) is 17.8 Å². The van der Waals surface area contributed by atoms with Crippen molar-refractivity contribution in [1.29, 1.82) is 0 Å². The molecule has 63 heavy (non-hydrogen) atoms. The number of carboxylic acids is 1. The molecule has 0 aliphatic heterocycles. The smallest absolute Gasteiger partial charge is 0.422 e. The Kier molecular flexibility index (Phi) is 13.9. The Morgan fingerprint density at radius 2 is 0.841 bits per heavy atom. The number of carbonyl (C=O) groups is 3. The van der Waals surface area contributed by atoms with E-state index in [1.54, 1.807) is 0 Å². The van der Waals surface area contributed by atoms with Gasteiger partial charge in [-0.1, -0.05) is 18.2 Å². The van der Waals surface area contributed by atoms with Gasteiger partial charge in [0.05, 0.1) is 14.2 Å². The Morgan fingerprint density at radius 1 is 0.540 bits per heavy atom. The van der Waals surface area contributed by atoms with Crippen LogP contribution in [-0.4, -0.2) is 85.7 Å². The van der Waals surface area contributed by atoms with Crippen LogP contribution in [0.4, 0.5) is 65.9 Å². The molecule has 3 saturated carbocycles. The highest BCUT2D eigenvalue weighted by Crippen LogP contribution is 2.56. The second kappa shape index (κ2) is 17.5. The first kappa shape index (κ1) is 50.1. The van der Waals surface area contributed by atoms with E-state index in [0.717, 1.165) is 56.7 Å². The van der Waals surface area contributed by atoms with Crippen LogP contribution in [0.5, 0.6) is 17.2 Å². The zero-order valence-corrected chi connectivity index (χ0v) is 32.3. The average Bonchev–Trinajstić information content (AvgIpc) is 3.13. The van der Waals surface area contributed by atoms with Gasteiger partial charge in [-0.2, -0.15) is 26.3 Å². The summed E-state index contributed by atoms with van der Waals surface area (Å²) in [5.74, 6) is -17.9. The number of benzene rings is 3. The number of ether oxygens (including phenoxy) is 4. The molecule has 0 saturated heterocycles. The van der Waals surface area contributed by atoms with Gasteiger partial charge >= 0.3 is 30.3 Å². The molecule has 0 radical (unpaired) electrons. The van der Waals surface area contributed by atoms with Crippen molar-refractivity contribution in [3.05, 3.63) is 88.7 Å². The van der Waals surface area contributed by atoms with Crippen LogP contribution in [-0.2, 0) is 40.1 Å². The predicted octanol–water partition coefficient (Wildman–Crippen LogP) is 9.50. The van der Waals surface area contributed by atoms with Gasteiger partial charge in [-0.3, -0.25) is 14.4 Å². The first-order valence-electron chi connectivity index (χ1n) is 17.8. The van der Waals surface area contributed by atoms with Crippen LogP contribution >= 0.6 is 0 Å². The van der Waals surface area contributed by atoms with Crippen molar-refractivity contribution in [2.45, 2.75) is 84.9 Å². The number of aromatic hydroxyl groups is 1. The summed E-state index contributed by atoms with van der Waals surface area (Å²) in [6.07, 6.45) is -14.4. The van der Waals surface area contributed by atoms with Gasteiger partial charge in [0.2, 0.25) is 0 Å². The first-order chi connectivity index (χ1) is 28.7. The quantitative estimate of drug-likeness (QED) is 0.151. The largest absolute Gasteiger partial charge is 0.505 e. The van der Waals surface area contributed by atoms with Gasteiger partial charge in [0, 0.05) is 38.5 Å². The normalized spacial score (nSPS) is 19.4. The highest BCUT2D eigenvalue weighted by molar-refractivity contribution is 5.86. The van der Waals surface area contributed by atoms with E-state index in [9.17, 15) is 80.2 Å². The summed E-state index contributed by atoms with van der Waals surface area (Å²) in [5, 5.41) is 18.2. The lowest BCUT2D eigenvalue weighted by Gasteiger charge is -2.45. The van der Waals surface area contributed by atoms with Crippen LogP contribution in [0.15, 0.2) is 54.6 Å². The van der Waals surface area contributed by atoms with E-state index < -0.39 is 151 Å².